The highest BCUT2D eigenvalue weighted by Crippen LogP contribution is 2.09. The first kappa shape index (κ1) is 13.4. The maximum absolute atomic E-state index is 10.7. The summed E-state index contributed by atoms with van der Waals surface area (Å²) >= 11 is 0. The lowest BCUT2D eigenvalue weighted by atomic mass is 10.1. The molecule has 0 spiro atoms. The highest BCUT2D eigenvalue weighted by molar-refractivity contribution is 5.72. The zero-order chi connectivity index (χ0) is 10.6. The summed E-state index contributed by atoms with van der Waals surface area (Å²) in [5.74, 6) is 0. The molecule has 0 bridgehead atoms. The third-order valence-corrected chi connectivity index (χ3v) is 2.43. The SMILES string of the molecule is CCCCC/C=C(/C=O)CCCCC. The van der Waals surface area contributed by atoms with Crippen LogP contribution < -0.4 is 0 Å². The molecule has 0 aromatic carbocycles. The lowest BCUT2D eigenvalue weighted by Gasteiger charge is -1.99. The van der Waals surface area contributed by atoms with Crippen molar-refractivity contribution in [2.24, 2.45) is 0 Å². The van der Waals surface area contributed by atoms with E-state index in [-0.39, 0.29) is 0 Å². The molecule has 14 heavy (non-hydrogen) atoms. The van der Waals surface area contributed by atoms with Crippen molar-refractivity contribution in [3.05, 3.63) is 11.6 Å². The normalized spacial score (nSPS) is 11.7. The van der Waals surface area contributed by atoms with Crippen molar-refractivity contribution in [1.29, 1.82) is 0 Å². The number of carbonyl (C=O) groups is 1. The molecule has 0 rings (SSSR count). The van der Waals surface area contributed by atoms with Crippen molar-refractivity contribution in [2.75, 3.05) is 0 Å². The highest BCUT2D eigenvalue weighted by atomic mass is 16.1. The Balaban J connectivity index is 3.58. The molecule has 0 unspecified atom stereocenters. The number of carbonyl (C=O) groups excluding carboxylic acids is 1. The van der Waals surface area contributed by atoms with Crippen LogP contribution in [0.3, 0.4) is 0 Å². The summed E-state index contributed by atoms with van der Waals surface area (Å²) in [4.78, 5) is 10.7. The Hall–Kier alpha value is -0.590. The van der Waals surface area contributed by atoms with Crippen LogP contribution in [0.1, 0.15) is 65.2 Å². The number of hydrogen-bond acceptors (Lipinski definition) is 1. The predicted molar refractivity (Wildman–Crippen MR) is 62.4 cm³/mol. The van der Waals surface area contributed by atoms with E-state index in [4.69, 9.17) is 0 Å². The molecule has 82 valence electrons. The molecular weight excluding hydrogens is 172 g/mol. The Kier molecular flexibility index (Phi) is 10.0. The van der Waals surface area contributed by atoms with E-state index in [1.807, 2.05) is 0 Å². The zero-order valence-electron chi connectivity index (χ0n) is 9.72. The molecule has 0 aromatic heterocycles. The van der Waals surface area contributed by atoms with Gasteiger partial charge in [-0.1, -0.05) is 45.6 Å². The molecule has 0 radical (unpaired) electrons. The summed E-state index contributed by atoms with van der Waals surface area (Å²) < 4.78 is 0. The van der Waals surface area contributed by atoms with Crippen LogP contribution in [0, 0.1) is 0 Å². The molecule has 1 nitrogen and oxygen atoms in total. The van der Waals surface area contributed by atoms with Crippen LogP contribution in [-0.4, -0.2) is 6.29 Å². The molecular formula is C13H24O. The van der Waals surface area contributed by atoms with Crippen LogP contribution in [0.4, 0.5) is 0 Å². The van der Waals surface area contributed by atoms with E-state index >= 15 is 0 Å². The highest BCUT2D eigenvalue weighted by Gasteiger charge is 1.94. The average Bonchev–Trinajstić information content (AvgIpc) is 2.22. The molecule has 0 aliphatic rings. The maximum atomic E-state index is 10.7. The molecule has 0 atom stereocenters. The smallest absolute Gasteiger partial charge is 0.145 e. The van der Waals surface area contributed by atoms with Gasteiger partial charge >= 0.3 is 0 Å². The first-order chi connectivity index (χ1) is 6.85. The van der Waals surface area contributed by atoms with Crippen molar-refractivity contribution in [3.63, 3.8) is 0 Å². The topological polar surface area (TPSA) is 17.1 Å². The van der Waals surface area contributed by atoms with Gasteiger partial charge in [0.15, 0.2) is 0 Å². The molecule has 0 N–H and O–H groups in total. The summed E-state index contributed by atoms with van der Waals surface area (Å²) in [6.45, 7) is 4.39. The van der Waals surface area contributed by atoms with Crippen molar-refractivity contribution in [3.8, 4) is 0 Å². The van der Waals surface area contributed by atoms with Gasteiger partial charge in [0.05, 0.1) is 0 Å². The molecule has 0 saturated heterocycles. The Labute approximate surface area is 88.6 Å². The van der Waals surface area contributed by atoms with Crippen molar-refractivity contribution in [1.82, 2.24) is 0 Å². The van der Waals surface area contributed by atoms with E-state index in [1.165, 1.54) is 32.1 Å². The second-order valence-corrected chi connectivity index (χ2v) is 3.85. The fraction of sp³-hybridized carbons (Fsp3) is 0.769. The number of rotatable bonds is 9. The Morgan fingerprint density at radius 1 is 1.00 bits per heavy atom. The number of unbranched alkanes of at least 4 members (excludes halogenated alkanes) is 5. The maximum Gasteiger partial charge on any atom is 0.145 e. The van der Waals surface area contributed by atoms with Crippen LogP contribution in [0.5, 0.6) is 0 Å². The molecule has 1 heteroatoms. The lowest BCUT2D eigenvalue weighted by molar-refractivity contribution is -0.105. The van der Waals surface area contributed by atoms with E-state index in [9.17, 15) is 4.79 Å². The average molecular weight is 196 g/mol. The summed E-state index contributed by atoms with van der Waals surface area (Å²) in [6.07, 6.45) is 12.6. The third-order valence-electron chi connectivity index (χ3n) is 2.43. The van der Waals surface area contributed by atoms with E-state index in [1.54, 1.807) is 0 Å². The van der Waals surface area contributed by atoms with E-state index in [2.05, 4.69) is 19.9 Å². The van der Waals surface area contributed by atoms with Gasteiger partial charge in [0.1, 0.15) is 6.29 Å². The second kappa shape index (κ2) is 10.5. The lowest BCUT2D eigenvalue weighted by Crippen LogP contribution is -1.86. The van der Waals surface area contributed by atoms with Gasteiger partial charge in [-0.05, 0) is 31.3 Å². The molecule has 0 aromatic rings. The Morgan fingerprint density at radius 2 is 1.64 bits per heavy atom. The Morgan fingerprint density at radius 3 is 2.21 bits per heavy atom. The molecule has 0 saturated carbocycles. The zero-order valence-corrected chi connectivity index (χ0v) is 9.72. The molecule has 0 aliphatic heterocycles. The van der Waals surface area contributed by atoms with Gasteiger partial charge in [0, 0.05) is 0 Å². The molecule has 0 fully saturated rings. The van der Waals surface area contributed by atoms with E-state index in [0.29, 0.717) is 0 Å². The first-order valence-electron chi connectivity index (χ1n) is 5.99. The predicted octanol–water partition coefficient (Wildman–Crippen LogP) is 4.27. The van der Waals surface area contributed by atoms with Gasteiger partial charge < -0.3 is 0 Å². The summed E-state index contributed by atoms with van der Waals surface area (Å²) in [5.41, 5.74) is 1.01. The van der Waals surface area contributed by atoms with Gasteiger partial charge in [-0.2, -0.15) is 0 Å². The molecule has 0 amide bonds. The number of hydrogen-bond donors (Lipinski definition) is 0. The molecule has 0 aliphatic carbocycles. The van der Waals surface area contributed by atoms with Crippen LogP contribution in [0.2, 0.25) is 0 Å². The quantitative estimate of drug-likeness (QED) is 0.306. The van der Waals surface area contributed by atoms with Crippen molar-refractivity contribution < 1.29 is 4.79 Å². The van der Waals surface area contributed by atoms with Gasteiger partial charge in [-0.15, -0.1) is 0 Å². The van der Waals surface area contributed by atoms with Gasteiger partial charge in [-0.3, -0.25) is 4.79 Å². The van der Waals surface area contributed by atoms with Gasteiger partial charge in [-0.25, -0.2) is 0 Å². The minimum Gasteiger partial charge on any atom is -0.298 e. The Bertz CT molecular complexity index is 159. The minimum atomic E-state index is 0.976. The standard InChI is InChI=1S/C13H24O/c1-3-5-7-9-11-13(12-14)10-8-6-4-2/h11-12H,3-10H2,1-2H3/b13-11+. The van der Waals surface area contributed by atoms with Crippen LogP contribution in [-0.2, 0) is 4.79 Å². The van der Waals surface area contributed by atoms with Crippen molar-refractivity contribution >= 4 is 6.29 Å². The second-order valence-electron chi connectivity index (χ2n) is 3.85. The summed E-state index contributed by atoms with van der Waals surface area (Å²) in [7, 11) is 0. The van der Waals surface area contributed by atoms with Crippen LogP contribution >= 0.6 is 0 Å². The minimum absolute atomic E-state index is 0.976. The fourth-order valence-corrected chi connectivity index (χ4v) is 1.47. The van der Waals surface area contributed by atoms with Crippen molar-refractivity contribution in [2.45, 2.75) is 65.2 Å². The summed E-state index contributed by atoms with van der Waals surface area (Å²) in [5, 5.41) is 0. The van der Waals surface area contributed by atoms with E-state index < -0.39 is 0 Å². The number of aldehydes is 1. The molecule has 0 heterocycles. The van der Waals surface area contributed by atoms with Crippen LogP contribution in [0.25, 0.3) is 0 Å². The van der Waals surface area contributed by atoms with Crippen LogP contribution in [0.15, 0.2) is 11.6 Å². The van der Waals surface area contributed by atoms with E-state index in [0.717, 1.165) is 31.1 Å². The number of allylic oxidation sites excluding steroid dienone is 2. The third kappa shape index (κ3) is 8.03. The summed E-state index contributed by atoms with van der Waals surface area (Å²) in [6, 6.07) is 0. The largest absolute Gasteiger partial charge is 0.298 e. The van der Waals surface area contributed by atoms with Gasteiger partial charge in [0.2, 0.25) is 0 Å². The monoisotopic (exact) mass is 196 g/mol. The fourth-order valence-electron chi connectivity index (χ4n) is 1.47. The first-order valence-corrected chi connectivity index (χ1v) is 5.99. The van der Waals surface area contributed by atoms with Gasteiger partial charge in [0.25, 0.3) is 0 Å².